The number of hydrogen-bond donors (Lipinski definition) is 0. The number of hydrogen-bond acceptors (Lipinski definition) is 4. The van der Waals surface area contributed by atoms with Crippen LogP contribution in [0.2, 0.25) is 0 Å². The molecule has 0 fully saturated rings. The van der Waals surface area contributed by atoms with Gasteiger partial charge in [0, 0.05) is 29.6 Å². The van der Waals surface area contributed by atoms with Crippen LogP contribution in [0.25, 0.3) is 43.5 Å². The third kappa shape index (κ3) is 3.12. The number of aryl methyl sites for hydroxylation is 2. The topological polar surface area (TPSA) is 38.9 Å². The Morgan fingerprint density at radius 1 is 1.00 bits per heavy atom. The average Bonchev–Trinajstić information content (AvgIpc) is 3.24. The lowest BCUT2D eigenvalue weighted by Gasteiger charge is -2.17. The Hall–Kier alpha value is -2.72. The molecule has 0 N–H and O–H groups in total. The standard InChI is InChI=1S/C25H24N2OS/c1-14-9-10-17-16-7-6-8-18(23(16)28-24(17)26-14)19-11-12-20-22(27-19)15(2)21(29-20)13-25(3,4)5/h6-12H,13H2,1-5H3/i13D2. The molecule has 0 amide bonds. The SMILES string of the molecule is [2H]C([2H])(c1sc2ccc(-c3cccc4c3oc3nc(C)ccc34)nc2c1C)C(C)(C)C. The fourth-order valence-electron chi connectivity index (χ4n) is 3.67. The van der Waals surface area contributed by atoms with Gasteiger partial charge in [-0.25, -0.2) is 9.97 Å². The lowest BCUT2D eigenvalue weighted by molar-refractivity contribution is 0.414. The molecule has 29 heavy (non-hydrogen) atoms. The number of aromatic nitrogens is 2. The summed E-state index contributed by atoms with van der Waals surface area (Å²) >= 11 is 1.50. The van der Waals surface area contributed by atoms with E-state index in [1.807, 2.05) is 77.1 Å². The molecule has 0 aliphatic carbocycles. The highest BCUT2D eigenvalue weighted by molar-refractivity contribution is 7.19. The predicted octanol–water partition coefficient (Wildman–Crippen LogP) is 7.46. The highest BCUT2D eigenvalue weighted by atomic mass is 32.1. The summed E-state index contributed by atoms with van der Waals surface area (Å²) in [6, 6.07) is 14.2. The van der Waals surface area contributed by atoms with Gasteiger partial charge in [0.2, 0.25) is 5.71 Å². The van der Waals surface area contributed by atoms with Crippen molar-refractivity contribution >= 4 is 43.6 Å². The zero-order chi connectivity index (χ0) is 22.1. The minimum Gasteiger partial charge on any atom is -0.437 e. The first-order valence-corrected chi connectivity index (χ1v) is 10.6. The van der Waals surface area contributed by atoms with E-state index in [0.717, 1.165) is 54.0 Å². The number of pyridine rings is 2. The van der Waals surface area contributed by atoms with E-state index in [4.69, 9.17) is 12.1 Å². The van der Waals surface area contributed by atoms with Crippen LogP contribution in [0.3, 0.4) is 0 Å². The number of para-hydroxylation sites is 1. The maximum atomic E-state index is 8.72. The molecule has 0 radical (unpaired) electrons. The summed E-state index contributed by atoms with van der Waals surface area (Å²) in [6.45, 7) is 9.74. The molecule has 0 atom stereocenters. The van der Waals surface area contributed by atoms with Gasteiger partial charge in [-0.15, -0.1) is 11.3 Å². The van der Waals surface area contributed by atoms with Crippen molar-refractivity contribution in [2.45, 2.75) is 41.0 Å². The first-order chi connectivity index (χ1) is 14.6. The Morgan fingerprint density at radius 3 is 2.62 bits per heavy atom. The molecule has 1 aromatic carbocycles. The van der Waals surface area contributed by atoms with E-state index in [0.29, 0.717) is 5.71 Å². The van der Waals surface area contributed by atoms with Crippen molar-refractivity contribution in [3.63, 3.8) is 0 Å². The fraction of sp³-hybridized carbons (Fsp3) is 0.280. The van der Waals surface area contributed by atoms with E-state index in [2.05, 4.69) is 4.98 Å². The molecular weight excluding hydrogens is 376 g/mol. The molecule has 4 aromatic heterocycles. The van der Waals surface area contributed by atoms with Gasteiger partial charge in [-0.05, 0) is 61.5 Å². The van der Waals surface area contributed by atoms with Gasteiger partial charge >= 0.3 is 0 Å². The van der Waals surface area contributed by atoms with E-state index >= 15 is 0 Å². The second-order valence-electron chi connectivity index (χ2n) is 8.56. The van der Waals surface area contributed by atoms with Crippen LogP contribution < -0.4 is 0 Å². The van der Waals surface area contributed by atoms with Gasteiger partial charge in [-0.1, -0.05) is 32.9 Å². The Labute approximate surface area is 177 Å². The maximum absolute atomic E-state index is 8.72. The van der Waals surface area contributed by atoms with Crippen LogP contribution in [0, 0.1) is 19.3 Å². The minimum atomic E-state index is -1.44. The van der Waals surface area contributed by atoms with Gasteiger partial charge in [0.15, 0.2) is 0 Å². The number of rotatable bonds is 2. The third-order valence-corrected chi connectivity index (χ3v) is 6.20. The summed E-state index contributed by atoms with van der Waals surface area (Å²) in [4.78, 5) is 10.3. The molecule has 4 heterocycles. The molecule has 0 aliphatic rings. The number of benzene rings is 1. The summed E-state index contributed by atoms with van der Waals surface area (Å²) in [7, 11) is 0. The molecule has 0 bridgehead atoms. The number of furan rings is 1. The molecule has 4 heteroatoms. The Balaban J connectivity index is 1.72. The largest absolute Gasteiger partial charge is 0.437 e. The summed E-state index contributed by atoms with van der Waals surface area (Å²) in [6.07, 6.45) is -1.44. The van der Waals surface area contributed by atoms with Crippen LogP contribution >= 0.6 is 11.3 Å². The molecule has 3 nitrogen and oxygen atoms in total. The van der Waals surface area contributed by atoms with Crippen LogP contribution in [0.5, 0.6) is 0 Å². The van der Waals surface area contributed by atoms with Gasteiger partial charge in [0.25, 0.3) is 0 Å². The van der Waals surface area contributed by atoms with Crippen molar-refractivity contribution in [2.24, 2.45) is 5.41 Å². The molecule has 146 valence electrons. The van der Waals surface area contributed by atoms with Gasteiger partial charge in [-0.3, -0.25) is 0 Å². The van der Waals surface area contributed by atoms with Gasteiger partial charge in [-0.2, -0.15) is 0 Å². The number of nitrogens with zero attached hydrogens (tertiary/aromatic N) is 2. The second-order valence-corrected chi connectivity index (χ2v) is 9.62. The van der Waals surface area contributed by atoms with Crippen LogP contribution in [-0.4, -0.2) is 9.97 Å². The van der Waals surface area contributed by atoms with Crippen LogP contribution in [0.15, 0.2) is 46.9 Å². The van der Waals surface area contributed by atoms with Gasteiger partial charge in [0.05, 0.1) is 15.9 Å². The third-order valence-electron chi connectivity index (χ3n) is 5.03. The molecule has 0 spiro atoms. The molecule has 5 aromatic rings. The Kier molecular flexibility index (Phi) is 3.55. The van der Waals surface area contributed by atoms with Crippen molar-refractivity contribution in [3.05, 3.63) is 58.6 Å². The molecule has 0 saturated carbocycles. The summed E-state index contributed by atoms with van der Waals surface area (Å²) < 4.78 is 24.6. The normalized spacial score (nSPS) is 14.0. The van der Waals surface area contributed by atoms with Crippen LogP contribution in [0.1, 0.15) is 39.6 Å². The molecule has 0 saturated heterocycles. The van der Waals surface area contributed by atoms with Crippen molar-refractivity contribution in [1.29, 1.82) is 0 Å². The lowest BCUT2D eigenvalue weighted by atomic mass is 9.90. The predicted molar refractivity (Wildman–Crippen MR) is 123 cm³/mol. The highest BCUT2D eigenvalue weighted by Crippen LogP contribution is 2.38. The van der Waals surface area contributed by atoms with Crippen molar-refractivity contribution in [3.8, 4) is 11.3 Å². The number of fused-ring (bicyclic) bond motifs is 4. The molecular formula is C25H24N2OS. The maximum Gasteiger partial charge on any atom is 0.227 e. The van der Waals surface area contributed by atoms with E-state index in [1.54, 1.807) is 0 Å². The zero-order valence-corrected chi connectivity index (χ0v) is 18.1. The van der Waals surface area contributed by atoms with Crippen molar-refractivity contribution < 1.29 is 7.16 Å². The first kappa shape index (κ1) is 16.1. The number of thiophene rings is 1. The van der Waals surface area contributed by atoms with Crippen LogP contribution in [-0.2, 0) is 6.37 Å². The Bertz CT molecular complexity index is 1470. The highest BCUT2D eigenvalue weighted by Gasteiger charge is 2.19. The quantitative estimate of drug-likeness (QED) is 0.307. The molecule has 0 aliphatic heterocycles. The van der Waals surface area contributed by atoms with E-state index in [-0.39, 0.29) is 0 Å². The van der Waals surface area contributed by atoms with Gasteiger partial charge < -0.3 is 4.42 Å². The first-order valence-electron chi connectivity index (χ1n) is 10.8. The van der Waals surface area contributed by atoms with E-state index in [1.165, 1.54) is 11.3 Å². The molecule has 5 rings (SSSR count). The van der Waals surface area contributed by atoms with Crippen molar-refractivity contribution in [2.75, 3.05) is 0 Å². The minimum absolute atomic E-state index is 0.507. The monoisotopic (exact) mass is 402 g/mol. The fourth-order valence-corrected chi connectivity index (χ4v) is 4.93. The van der Waals surface area contributed by atoms with Crippen molar-refractivity contribution in [1.82, 2.24) is 9.97 Å². The smallest absolute Gasteiger partial charge is 0.227 e. The van der Waals surface area contributed by atoms with E-state index < -0.39 is 11.8 Å². The zero-order valence-electron chi connectivity index (χ0n) is 19.3. The summed E-state index contributed by atoms with van der Waals surface area (Å²) in [5, 5.41) is 2.02. The average molecular weight is 403 g/mol. The van der Waals surface area contributed by atoms with Gasteiger partial charge in [0.1, 0.15) is 5.58 Å². The summed E-state index contributed by atoms with van der Waals surface area (Å²) in [5.41, 5.74) is 5.33. The summed E-state index contributed by atoms with van der Waals surface area (Å²) in [5.74, 6) is 0. The van der Waals surface area contributed by atoms with Crippen LogP contribution in [0.4, 0.5) is 0 Å². The van der Waals surface area contributed by atoms with E-state index in [9.17, 15) is 0 Å². The molecule has 0 unspecified atom stereocenters. The second kappa shape index (κ2) is 6.39. The Morgan fingerprint density at radius 2 is 1.83 bits per heavy atom. The lowest BCUT2D eigenvalue weighted by Crippen LogP contribution is -2.08.